The smallest absolute Gasteiger partial charge is 0.256 e. The van der Waals surface area contributed by atoms with Gasteiger partial charge in [-0.15, -0.1) is 11.3 Å². The van der Waals surface area contributed by atoms with Crippen LogP contribution in [0.2, 0.25) is 0 Å². The van der Waals surface area contributed by atoms with Crippen LogP contribution in [0.15, 0.2) is 66.2 Å². The van der Waals surface area contributed by atoms with Gasteiger partial charge >= 0.3 is 0 Å². The van der Waals surface area contributed by atoms with Crippen LogP contribution in [0.1, 0.15) is 10.4 Å². The second-order valence-corrected chi connectivity index (χ2v) is 7.22. The van der Waals surface area contributed by atoms with Crippen molar-refractivity contribution in [1.82, 2.24) is 9.97 Å². The minimum absolute atomic E-state index is 0.178. The number of carbonyl (C=O) groups excluding carboxylic acids is 1. The maximum Gasteiger partial charge on any atom is 0.256 e. The van der Waals surface area contributed by atoms with Gasteiger partial charge in [0.15, 0.2) is 5.82 Å². The van der Waals surface area contributed by atoms with Gasteiger partial charge in [0.1, 0.15) is 0 Å². The molecule has 134 valence electrons. The zero-order valence-electron chi connectivity index (χ0n) is 15.0. The van der Waals surface area contributed by atoms with Gasteiger partial charge in [-0.3, -0.25) is 4.79 Å². The summed E-state index contributed by atoms with van der Waals surface area (Å²) in [6, 6.07) is 17.2. The van der Waals surface area contributed by atoms with E-state index >= 15 is 0 Å². The zero-order chi connectivity index (χ0) is 18.8. The highest BCUT2D eigenvalue weighted by Gasteiger charge is 2.16. The molecule has 3 aromatic heterocycles. The van der Waals surface area contributed by atoms with E-state index in [1.165, 1.54) is 0 Å². The second-order valence-electron chi connectivity index (χ2n) is 6.27. The van der Waals surface area contributed by atoms with Crippen molar-refractivity contribution in [3.05, 3.63) is 71.7 Å². The Morgan fingerprint density at radius 2 is 1.93 bits per heavy atom. The molecule has 4 rings (SSSR count). The topological polar surface area (TPSA) is 58.1 Å². The SMILES string of the molecule is CN(C)c1ncccc1NC(=O)c1cc(-c2cccs2)nc2ccccc12. The number of nitrogens with one attached hydrogen (secondary N) is 1. The largest absolute Gasteiger partial charge is 0.361 e. The van der Waals surface area contributed by atoms with Crippen LogP contribution in [-0.4, -0.2) is 30.0 Å². The van der Waals surface area contributed by atoms with Gasteiger partial charge in [-0.25, -0.2) is 9.97 Å². The average Bonchev–Trinajstić information content (AvgIpc) is 3.22. The number of thiophene rings is 1. The number of pyridine rings is 2. The van der Waals surface area contributed by atoms with Crippen LogP contribution < -0.4 is 10.2 Å². The third-order valence-corrected chi connectivity index (χ3v) is 5.09. The highest BCUT2D eigenvalue weighted by molar-refractivity contribution is 7.13. The van der Waals surface area contributed by atoms with Crippen molar-refractivity contribution < 1.29 is 4.79 Å². The summed E-state index contributed by atoms with van der Waals surface area (Å²) in [5.74, 6) is 0.533. The number of anilines is 2. The number of hydrogen-bond acceptors (Lipinski definition) is 5. The third-order valence-electron chi connectivity index (χ3n) is 4.19. The van der Waals surface area contributed by atoms with Crippen LogP contribution in [0, 0.1) is 0 Å². The van der Waals surface area contributed by atoms with E-state index in [1.807, 2.05) is 79.0 Å². The van der Waals surface area contributed by atoms with Gasteiger partial charge in [-0.1, -0.05) is 24.3 Å². The molecule has 0 bridgehead atoms. The summed E-state index contributed by atoms with van der Waals surface area (Å²) in [4.78, 5) is 25.1. The van der Waals surface area contributed by atoms with Crippen LogP contribution in [-0.2, 0) is 0 Å². The summed E-state index contributed by atoms with van der Waals surface area (Å²) in [5, 5.41) is 5.83. The molecule has 1 N–H and O–H groups in total. The van der Waals surface area contributed by atoms with Gasteiger partial charge in [0, 0.05) is 25.7 Å². The average molecular weight is 374 g/mol. The monoisotopic (exact) mass is 374 g/mol. The predicted molar refractivity (Wildman–Crippen MR) is 112 cm³/mol. The number of hydrogen-bond donors (Lipinski definition) is 1. The second kappa shape index (κ2) is 7.17. The lowest BCUT2D eigenvalue weighted by atomic mass is 10.1. The molecule has 0 unspecified atom stereocenters. The summed E-state index contributed by atoms with van der Waals surface area (Å²) in [6.45, 7) is 0. The Morgan fingerprint density at radius 1 is 1.07 bits per heavy atom. The van der Waals surface area contributed by atoms with E-state index in [9.17, 15) is 4.79 Å². The summed E-state index contributed by atoms with van der Waals surface area (Å²) in [5.41, 5.74) is 2.86. The van der Waals surface area contributed by atoms with E-state index in [0.717, 1.165) is 21.5 Å². The fraction of sp³-hybridized carbons (Fsp3) is 0.0952. The lowest BCUT2D eigenvalue weighted by Crippen LogP contribution is -2.18. The van der Waals surface area contributed by atoms with Crippen LogP contribution in [0.25, 0.3) is 21.5 Å². The summed E-state index contributed by atoms with van der Waals surface area (Å²) >= 11 is 1.60. The lowest BCUT2D eigenvalue weighted by Gasteiger charge is -2.17. The zero-order valence-corrected chi connectivity index (χ0v) is 15.8. The summed E-state index contributed by atoms with van der Waals surface area (Å²) in [6.07, 6.45) is 1.71. The Labute approximate surface area is 161 Å². The number of aromatic nitrogens is 2. The number of amides is 1. The molecule has 0 atom stereocenters. The first-order chi connectivity index (χ1) is 13.1. The van der Waals surface area contributed by atoms with E-state index in [-0.39, 0.29) is 5.91 Å². The van der Waals surface area contributed by atoms with Crippen molar-refractivity contribution in [2.75, 3.05) is 24.3 Å². The van der Waals surface area contributed by atoms with Crippen molar-refractivity contribution in [3.8, 4) is 10.6 Å². The van der Waals surface area contributed by atoms with Gasteiger partial charge in [0.2, 0.25) is 0 Å². The van der Waals surface area contributed by atoms with Crippen molar-refractivity contribution in [2.45, 2.75) is 0 Å². The van der Waals surface area contributed by atoms with Crippen molar-refractivity contribution in [1.29, 1.82) is 0 Å². The van der Waals surface area contributed by atoms with Gasteiger partial charge in [-0.05, 0) is 35.7 Å². The molecule has 5 nitrogen and oxygen atoms in total. The fourth-order valence-electron chi connectivity index (χ4n) is 2.95. The Balaban J connectivity index is 1.80. The molecule has 1 aromatic carbocycles. The Hall–Kier alpha value is -3.25. The quantitative estimate of drug-likeness (QED) is 0.564. The maximum absolute atomic E-state index is 13.1. The predicted octanol–water partition coefficient (Wildman–Crippen LogP) is 4.68. The molecular formula is C21H18N4OS. The summed E-state index contributed by atoms with van der Waals surface area (Å²) in [7, 11) is 3.80. The molecular weight excluding hydrogens is 356 g/mol. The fourth-order valence-corrected chi connectivity index (χ4v) is 3.64. The standard InChI is InChI=1S/C21H18N4OS/c1-25(2)20-17(9-5-11-22-20)24-21(26)15-13-18(19-10-6-12-27-19)23-16-8-4-3-7-14(15)16/h3-13H,1-2H3,(H,24,26). The van der Waals surface area contributed by atoms with Crippen LogP contribution >= 0.6 is 11.3 Å². The Morgan fingerprint density at radius 3 is 2.70 bits per heavy atom. The molecule has 6 heteroatoms. The number of para-hydroxylation sites is 1. The molecule has 0 saturated heterocycles. The minimum Gasteiger partial charge on any atom is -0.361 e. The third kappa shape index (κ3) is 3.39. The van der Waals surface area contributed by atoms with Crippen LogP contribution in [0.5, 0.6) is 0 Å². The summed E-state index contributed by atoms with van der Waals surface area (Å²) < 4.78 is 0. The first-order valence-corrected chi connectivity index (χ1v) is 9.39. The molecule has 0 fully saturated rings. The molecule has 4 aromatic rings. The van der Waals surface area contributed by atoms with Crippen molar-refractivity contribution >= 4 is 39.7 Å². The first-order valence-electron chi connectivity index (χ1n) is 8.51. The number of carbonyl (C=O) groups is 1. The number of benzene rings is 1. The molecule has 1 amide bonds. The van der Waals surface area contributed by atoms with E-state index < -0.39 is 0 Å². The number of nitrogens with zero attached hydrogens (tertiary/aromatic N) is 3. The highest BCUT2D eigenvalue weighted by atomic mass is 32.1. The van der Waals surface area contributed by atoms with Crippen molar-refractivity contribution in [2.24, 2.45) is 0 Å². The normalized spacial score (nSPS) is 10.7. The van der Waals surface area contributed by atoms with Crippen LogP contribution in [0.3, 0.4) is 0 Å². The van der Waals surface area contributed by atoms with E-state index in [2.05, 4.69) is 10.3 Å². The van der Waals surface area contributed by atoms with Gasteiger partial charge in [-0.2, -0.15) is 0 Å². The minimum atomic E-state index is -0.178. The van der Waals surface area contributed by atoms with Gasteiger partial charge < -0.3 is 10.2 Å². The highest BCUT2D eigenvalue weighted by Crippen LogP contribution is 2.29. The van der Waals surface area contributed by atoms with E-state index in [4.69, 9.17) is 4.98 Å². The van der Waals surface area contributed by atoms with Gasteiger partial charge in [0.05, 0.1) is 27.3 Å². The molecule has 27 heavy (non-hydrogen) atoms. The van der Waals surface area contributed by atoms with Crippen molar-refractivity contribution in [3.63, 3.8) is 0 Å². The first kappa shape index (κ1) is 17.2. The molecule has 0 spiro atoms. The molecule has 0 aliphatic rings. The molecule has 0 radical (unpaired) electrons. The molecule has 0 aliphatic heterocycles. The molecule has 3 heterocycles. The number of rotatable bonds is 4. The lowest BCUT2D eigenvalue weighted by molar-refractivity contribution is 0.102. The van der Waals surface area contributed by atoms with E-state index in [1.54, 1.807) is 17.5 Å². The van der Waals surface area contributed by atoms with Gasteiger partial charge in [0.25, 0.3) is 5.91 Å². The maximum atomic E-state index is 13.1. The Kier molecular flexibility index (Phi) is 4.56. The van der Waals surface area contributed by atoms with E-state index in [0.29, 0.717) is 17.1 Å². The molecule has 0 aliphatic carbocycles. The Bertz CT molecular complexity index is 1110. The molecule has 0 saturated carbocycles. The number of fused-ring (bicyclic) bond motifs is 1. The van der Waals surface area contributed by atoms with Crippen LogP contribution in [0.4, 0.5) is 11.5 Å².